The Morgan fingerprint density at radius 2 is 1.88 bits per heavy atom. The first-order valence-corrected chi connectivity index (χ1v) is 9.33. The van der Waals surface area contributed by atoms with Gasteiger partial charge in [0, 0.05) is 15.4 Å². The minimum atomic E-state index is -0.908. The van der Waals surface area contributed by atoms with Crippen LogP contribution in [0.1, 0.15) is 5.56 Å². The normalized spacial score (nSPS) is 12.0. The van der Waals surface area contributed by atoms with Crippen molar-refractivity contribution in [1.29, 1.82) is 0 Å². The van der Waals surface area contributed by atoms with Crippen LogP contribution in [0.2, 0.25) is 0 Å². The molecular weight excluding hydrogens is 420 g/mol. The summed E-state index contributed by atoms with van der Waals surface area (Å²) >= 11 is 4.87. The van der Waals surface area contributed by atoms with E-state index in [2.05, 4.69) is 32.6 Å². The van der Waals surface area contributed by atoms with Crippen LogP contribution in [0.3, 0.4) is 0 Å². The maximum atomic E-state index is 13.4. The van der Waals surface area contributed by atoms with Crippen LogP contribution >= 0.6 is 27.3 Å². The van der Waals surface area contributed by atoms with Gasteiger partial charge in [0.15, 0.2) is 11.6 Å². The van der Waals surface area contributed by atoms with Crippen molar-refractivity contribution in [2.45, 2.75) is 0 Å². The zero-order chi connectivity index (χ0) is 18.5. The van der Waals surface area contributed by atoms with Crippen LogP contribution in [0.25, 0.3) is 11.3 Å². The lowest BCUT2D eigenvalue weighted by Gasteiger charge is -2.04. The Morgan fingerprint density at radius 3 is 2.58 bits per heavy atom. The standard InChI is InChI=1S/C19H14BrF2N3S/c1-2-9-23-19-25(24-11-13-3-8-16(21)17(22)10-13)18(12-26-19)14-4-6-15(20)7-5-14/h2-8,10-12H,1,9H2. The molecule has 0 saturated carbocycles. The van der Waals surface area contributed by atoms with Gasteiger partial charge in [-0.25, -0.2) is 13.5 Å². The Kier molecular flexibility index (Phi) is 5.90. The SMILES string of the molecule is C=CCN=c1scc(-c2ccc(Br)cc2)n1N=Cc1ccc(F)c(F)c1. The second kappa shape index (κ2) is 8.33. The van der Waals surface area contributed by atoms with Gasteiger partial charge in [0.25, 0.3) is 0 Å². The summed E-state index contributed by atoms with van der Waals surface area (Å²) in [5, 5.41) is 6.38. The summed E-state index contributed by atoms with van der Waals surface area (Å²) in [6.07, 6.45) is 3.17. The lowest BCUT2D eigenvalue weighted by molar-refractivity contribution is 0.508. The van der Waals surface area contributed by atoms with Gasteiger partial charge in [0.2, 0.25) is 4.80 Å². The van der Waals surface area contributed by atoms with Gasteiger partial charge >= 0.3 is 0 Å². The number of benzene rings is 2. The fourth-order valence-electron chi connectivity index (χ4n) is 2.20. The molecule has 0 aliphatic carbocycles. The van der Waals surface area contributed by atoms with Crippen LogP contribution < -0.4 is 4.80 Å². The summed E-state index contributed by atoms with van der Waals surface area (Å²) in [4.78, 5) is 5.12. The van der Waals surface area contributed by atoms with Crippen molar-refractivity contribution in [1.82, 2.24) is 4.68 Å². The molecule has 0 atom stereocenters. The molecule has 1 aromatic heterocycles. The molecule has 26 heavy (non-hydrogen) atoms. The largest absolute Gasteiger partial charge is 0.253 e. The highest BCUT2D eigenvalue weighted by molar-refractivity contribution is 9.10. The van der Waals surface area contributed by atoms with Crippen LogP contribution in [0.5, 0.6) is 0 Å². The molecule has 0 unspecified atom stereocenters. The van der Waals surface area contributed by atoms with Crippen molar-refractivity contribution in [2.24, 2.45) is 10.1 Å². The van der Waals surface area contributed by atoms with E-state index < -0.39 is 11.6 Å². The van der Waals surface area contributed by atoms with Crippen molar-refractivity contribution in [3.63, 3.8) is 0 Å². The summed E-state index contributed by atoms with van der Waals surface area (Å²) < 4.78 is 29.1. The molecule has 2 aromatic carbocycles. The third-order valence-corrected chi connectivity index (χ3v) is 4.83. The highest BCUT2D eigenvalue weighted by atomic mass is 79.9. The van der Waals surface area contributed by atoms with Crippen molar-refractivity contribution >= 4 is 33.5 Å². The van der Waals surface area contributed by atoms with Crippen molar-refractivity contribution in [2.75, 3.05) is 6.54 Å². The van der Waals surface area contributed by atoms with Crippen LogP contribution in [-0.4, -0.2) is 17.4 Å². The van der Waals surface area contributed by atoms with E-state index >= 15 is 0 Å². The minimum absolute atomic E-state index is 0.457. The Hall–Kier alpha value is -2.38. The van der Waals surface area contributed by atoms with E-state index in [0.29, 0.717) is 16.9 Å². The molecule has 0 N–H and O–H groups in total. The number of thiazole rings is 1. The van der Waals surface area contributed by atoms with Gasteiger partial charge in [-0.05, 0) is 29.8 Å². The molecule has 7 heteroatoms. The smallest absolute Gasteiger partial charge is 0.206 e. The third kappa shape index (κ3) is 4.23. The predicted octanol–water partition coefficient (Wildman–Crippen LogP) is 5.23. The predicted molar refractivity (Wildman–Crippen MR) is 105 cm³/mol. The van der Waals surface area contributed by atoms with Gasteiger partial charge in [-0.15, -0.1) is 17.9 Å². The molecule has 0 radical (unpaired) electrons. The van der Waals surface area contributed by atoms with Crippen LogP contribution in [0.4, 0.5) is 8.78 Å². The number of rotatable bonds is 5. The first-order valence-electron chi connectivity index (χ1n) is 7.66. The van der Waals surface area contributed by atoms with Gasteiger partial charge in [-0.3, -0.25) is 4.99 Å². The zero-order valence-corrected chi connectivity index (χ0v) is 16.0. The van der Waals surface area contributed by atoms with Crippen LogP contribution in [0.15, 0.2) is 75.1 Å². The molecule has 0 saturated heterocycles. The molecule has 0 fully saturated rings. The maximum Gasteiger partial charge on any atom is 0.206 e. The van der Waals surface area contributed by atoms with Gasteiger partial charge < -0.3 is 0 Å². The summed E-state index contributed by atoms with van der Waals surface area (Å²) in [6, 6.07) is 11.5. The van der Waals surface area contributed by atoms with E-state index in [1.807, 2.05) is 29.6 Å². The van der Waals surface area contributed by atoms with Gasteiger partial charge in [0.1, 0.15) is 0 Å². The Bertz CT molecular complexity index is 1020. The monoisotopic (exact) mass is 433 g/mol. The van der Waals surface area contributed by atoms with Gasteiger partial charge in [-0.1, -0.05) is 40.2 Å². The highest BCUT2D eigenvalue weighted by Crippen LogP contribution is 2.22. The van der Waals surface area contributed by atoms with Gasteiger partial charge in [-0.2, -0.15) is 5.10 Å². The summed E-state index contributed by atoms with van der Waals surface area (Å²) in [5.41, 5.74) is 2.27. The minimum Gasteiger partial charge on any atom is -0.253 e. The highest BCUT2D eigenvalue weighted by Gasteiger charge is 2.07. The Morgan fingerprint density at radius 1 is 1.12 bits per heavy atom. The molecule has 0 bridgehead atoms. The zero-order valence-electron chi connectivity index (χ0n) is 13.6. The van der Waals surface area contributed by atoms with E-state index in [-0.39, 0.29) is 0 Å². The molecule has 0 aliphatic rings. The Labute approximate surface area is 161 Å². The van der Waals surface area contributed by atoms with E-state index in [1.54, 1.807) is 10.8 Å². The second-order valence-electron chi connectivity index (χ2n) is 5.27. The molecule has 0 aliphatic heterocycles. The molecule has 1 heterocycles. The average molecular weight is 434 g/mol. The van der Waals surface area contributed by atoms with Crippen molar-refractivity contribution in [3.05, 3.63) is 87.0 Å². The van der Waals surface area contributed by atoms with Gasteiger partial charge in [0.05, 0.1) is 18.5 Å². The number of nitrogens with zero attached hydrogens (tertiary/aromatic N) is 3. The van der Waals surface area contributed by atoms with E-state index in [9.17, 15) is 8.78 Å². The number of aromatic nitrogens is 1. The topological polar surface area (TPSA) is 29.6 Å². The van der Waals surface area contributed by atoms with E-state index in [1.165, 1.54) is 23.6 Å². The molecule has 3 aromatic rings. The summed E-state index contributed by atoms with van der Waals surface area (Å²) in [7, 11) is 0. The average Bonchev–Trinajstić information content (AvgIpc) is 3.04. The first-order chi connectivity index (χ1) is 12.6. The molecular formula is C19H14BrF2N3S. The van der Waals surface area contributed by atoms with Crippen LogP contribution in [-0.2, 0) is 0 Å². The maximum absolute atomic E-state index is 13.4. The number of hydrogen-bond acceptors (Lipinski definition) is 3. The fourth-order valence-corrected chi connectivity index (χ4v) is 3.31. The first kappa shape index (κ1) is 18.4. The number of halogens is 3. The van der Waals surface area contributed by atoms with Crippen LogP contribution in [0, 0.1) is 11.6 Å². The quantitative estimate of drug-likeness (QED) is 0.389. The molecule has 132 valence electrons. The van der Waals surface area contributed by atoms with E-state index in [0.717, 1.165) is 27.9 Å². The summed E-state index contributed by atoms with van der Waals surface area (Å²) in [6.45, 7) is 4.13. The van der Waals surface area contributed by atoms with Crippen molar-refractivity contribution < 1.29 is 8.78 Å². The molecule has 0 spiro atoms. The van der Waals surface area contributed by atoms with Crippen molar-refractivity contribution in [3.8, 4) is 11.3 Å². The molecule has 0 amide bonds. The number of hydrogen-bond donors (Lipinski definition) is 0. The third-order valence-electron chi connectivity index (χ3n) is 3.45. The lowest BCUT2D eigenvalue weighted by atomic mass is 10.2. The Balaban J connectivity index is 2.06. The van der Waals surface area contributed by atoms with E-state index in [4.69, 9.17) is 0 Å². The molecule has 3 nitrogen and oxygen atoms in total. The fraction of sp³-hybridized carbons (Fsp3) is 0.0526. The lowest BCUT2D eigenvalue weighted by Crippen LogP contribution is -2.12. The summed E-state index contributed by atoms with van der Waals surface area (Å²) in [5.74, 6) is -1.79. The second-order valence-corrected chi connectivity index (χ2v) is 7.02. The molecule has 3 rings (SSSR count).